The summed E-state index contributed by atoms with van der Waals surface area (Å²) in [5.74, 6) is 1.06. The van der Waals surface area contributed by atoms with Crippen LogP contribution < -0.4 is 5.32 Å². The van der Waals surface area contributed by atoms with Gasteiger partial charge in [-0.3, -0.25) is 0 Å². The number of benzene rings is 1. The number of hydrogen-bond acceptors (Lipinski definition) is 2. The minimum Gasteiger partial charge on any atom is -0.459 e. The van der Waals surface area contributed by atoms with Gasteiger partial charge < -0.3 is 9.73 Å². The first-order valence-corrected chi connectivity index (χ1v) is 7.62. The summed E-state index contributed by atoms with van der Waals surface area (Å²) < 4.78 is 6.07. The summed E-state index contributed by atoms with van der Waals surface area (Å²) in [7, 11) is 0. The molecule has 1 unspecified atom stereocenters. The van der Waals surface area contributed by atoms with Crippen molar-refractivity contribution < 1.29 is 4.42 Å². The molecule has 2 aromatic rings. The molecule has 1 aromatic carbocycles. The largest absolute Gasteiger partial charge is 0.459 e. The van der Waals surface area contributed by atoms with Gasteiger partial charge in [0, 0.05) is 5.39 Å². The topological polar surface area (TPSA) is 25.2 Å². The molecule has 1 N–H and O–H groups in total. The van der Waals surface area contributed by atoms with Gasteiger partial charge in [0.25, 0.3) is 0 Å². The third-order valence-corrected chi connectivity index (χ3v) is 3.49. The van der Waals surface area contributed by atoms with E-state index in [1.807, 2.05) is 0 Å². The average molecular weight is 273 g/mol. The minimum atomic E-state index is 0.278. The normalized spacial score (nSPS) is 13.8. The molecule has 0 fully saturated rings. The van der Waals surface area contributed by atoms with Crippen molar-refractivity contribution in [1.82, 2.24) is 5.32 Å². The molecule has 0 radical (unpaired) electrons. The predicted octanol–water partition coefficient (Wildman–Crippen LogP) is 5.22. The Morgan fingerprint density at radius 1 is 1.20 bits per heavy atom. The van der Waals surface area contributed by atoms with Crippen LogP contribution in [0.5, 0.6) is 0 Å². The van der Waals surface area contributed by atoms with Crippen LogP contribution in [-0.2, 0) is 0 Å². The van der Waals surface area contributed by atoms with Crippen molar-refractivity contribution in [2.45, 2.75) is 53.5 Å². The second kappa shape index (κ2) is 6.01. The standard InChI is InChI=1S/C18H27NO/c1-6-9-19-15(12-18(3,4)5)17-11-14-10-13(2)7-8-16(14)20-17/h7-8,10-11,15,19H,6,9,12H2,1-5H3. The minimum absolute atomic E-state index is 0.278. The molecule has 0 spiro atoms. The Morgan fingerprint density at radius 3 is 2.60 bits per heavy atom. The lowest BCUT2D eigenvalue weighted by Gasteiger charge is -2.25. The molecule has 2 nitrogen and oxygen atoms in total. The van der Waals surface area contributed by atoms with Crippen molar-refractivity contribution in [2.24, 2.45) is 5.41 Å². The molecule has 0 saturated heterocycles. The molecule has 0 aliphatic heterocycles. The van der Waals surface area contributed by atoms with E-state index in [1.165, 1.54) is 10.9 Å². The number of furan rings is 1. The first kappa shape index (κ1) is 15.1. The fourth-order valence-electron chi connectivity index (χ4n) is 2.56. The molecule has 0 aliphatic carbocycles. The molecule has 1 aromatic heterocycles. The Labute approximate surface area is 122 Å². The van der Waals surface area contributed by atoms with Crippen molar-refractivity contribution in [3.63, 3.8) is 0 Å². The smallest absolute Gasteiger partial charge is 0.134 e. The second-order valence-electron chi connectivity index (χ2n) is 6.96. The van der Waals surface area contributed by atoms with E-state index in [0.717, 1.165) is 30.7 Å². The molecular weight excluding hydrogens is 246 g/mol. The highest BCUT2D eigenvalue weighted by atomic mass is 16.3. The van der Waals surface area contributed by atoms with Crippen LogP contribution in [0, 0.1) is 12.3 Å². The lowest BCUT2D eigenvalue weighted by molar-refractivity contribution is 0.287. The summed E-state index contributed by atoms with van der Waals surface area (Å²) in [5, 5.41) is 4.83. The Kier molecular flexibility index (Phi) is 4.54. The van der Waals surface area contributed by atoms with Crippen molar-refractivity contribution >= 4 is 11.0 Å². The lowest BCUT2D eigenvalue weighted by atomic mass is 9.87. The Balaban J connectivity index is 2.29. The van der Waals surface area contributed by atoms with Gasteiger partial charge in [-0.1, -0.05) is 39.3 Å². The average Bonchev–Trinajstić information content (AvgIpc) is 2.75. The zero-order chi connectivity index (χ0) is 14.8. The molecule has 1 heterocycles. The van der Waals surface area contributed by atoms with E-state index in [2.05, 4.69) is 64.2 Å². The summed E-state index contributed by atoms with van der Waals surface area (Å²) in [6.07, 6.45) is 2.21. The van der Waals surface area contributed by atoms with Gasteiger partial charge in [0.15, 0.2) is 0 Å². The fourth-order valence-corrected chi connectivity index (χ4v) is 2.56. The summed E-state index contributed by atoms with van der Waals surface area (Å²) in [4.78, 5) is 0. The van der Waals surface area contributed by atoms with E-state index in [-0.39, 0.29) is 5.41 Å². The molecule has 0 saturated carbocycles. The lowest BCUT2D eigenvalue weighted by Crippen LogP contribution is -2.26. The fraction of sp³-hybridized carbons (Fsp3) is 0.556. The number of aryl methyl sites for hydroxylation is 1. The van der Waals surface area contributed by atoms with Crippen LogP contribution >= 0.6 is 0 Å². The molecule has 20 heavy (non-hydrogen) atoms. The van der Waals surface area contributed by atoms with Gasteiger partial charge in [-0.2, -0.15) is 0 Å². The van der Waals surface area contributed by atoms with Crippen LogP contribution in [0.2, 0.25) is 0 Å². The molecule has 0 bridgehead atoms. The van der Waals surface area contributed by atoms with Gasteiger partial charge in [0.2, 0.25) is 0 Å². The van der Waals surface area contributed by atoms with Crippen LogP contribution in [0.15, 0.2) is 28.7 Å². The van der Waals surface area contributed by atoms with Crippen molar-refractivity contribution in [1.29, 1.82) is 0 Å². The van der Waals surface area contributed by atoms with Gasteiger partial charge >= 0.3 is 0 Å². The van der Waals surface area contributed by atoms with Crippen molar-refractivity contribution in [2.75, 3.05) is 6.54 Å². The first-order valence-electron chi connectivity index (χ1n) is 7.62. The maximum atomic E-state index is 6.07. The number of fused-ring (bicyclic) bond motifs is 1. The molecular formula is C18H27NO. The Morgan fingerprint density at radius 2 is 1.95 bits per heavy atom. The Bertz CT molecular complexity index is 562. The number of nitrogens with one attached hydrogen (secondary N) is 1. The van der Waals surface area contributed by atoms with Gasteiger partial charge in [-0.25, -0.2) is 0 Å². The van der Waals surface area contributed by atoms with Gasteiger partial charge in [-0.15, -0.1) is 0 Å². The summed E-state index contributed by atoms with van der Waals surface area (Å²) in [6.45, 7) is 12.2. The summed E-state index contributed by atoms with van der Waals surface area (Å²) >= 11 is 0. The molecule has 2 rings (SSSR count). The summed E-state index contributed by atoms with van der Waals surface area (Å²) in [5.41, 5.74) is 2.54. The van der Waals surface area contributed by atoms with Crippen LogP contribution in [0.3, 0.4) is 0 Å². The first-order chi connectivity index (χ1) is 9.39. The molecule has 2 heteroatoms. The van der Waals surface area contributed by atoms with Crippen molar-refractivity contribution in [3.05, 3.63) is 35.6 Å². The van der Waals surface area contributed by atoms with E-state index < -0.39 is 0 Å². The van der Waals surface area contributed by atoms with Crippen LogP contribution in [0.1, 0.15) is 57.9 Å². The third-order valence-electron chi connectivity index (χ3n) is 3.49. The second-order valence-corrected chi connectivity index (χ2v) is 6.96. The van der Waals surface area contributed by atoms with Crippen LogP contribution in [0.4, 0.5) is 0 Å². The van der Waals surface area contributed by atoms with E-state index >= 15 is 0 Å². The zero-order valence-electron chi connectivity index (χ0n) is 13.4. The highest BCUT2D eigenvalue weighted by molar-refractivity contribution is 5.78. The molecule has 0 aliphatic rings. The van der Waals surface area contributed by atoms with E-state index in [1.54, 1.807) is 0 Å². The molecule has 0 amide bonds. The molecule has 1 atom stereocenters. The van der Waals surface area contributed by atoms with E-state index in [0.29, 0.717) is 6.04 Å². The number of rotatable bonds is 5. The Hall–Kier alpha value is -1.28. The zero-order valence-corrected chi connectivity index (χ0v) is 13.4. The van der Waals surface area contributed by atoms with Gasteiger partial charge in [0.1, 0.15) is 11.3 Å². The predicted molar refractivity (Wildman–Crippen MR) is 86.1 cm³/mol. The highest BCUT2D eigenvalue weighted by Crippen LogP contribution is 2.32. The van der Waals surface area contributed by atoms with Crippen LogP contribution in [-0.4, -0.2) is 6.54 Å². The highest BCUT2D eigenvalue weighted by Gasteiger charge is 2.22. The van der Waals surface area contributed by atoms with E-state index in [4.69, 9.17) is 4.42 Å². The maximum absolute atomic E-state index is 6.07. The summed E-state index contributed by atoms with van der Waals surface area (Å²) in [6, 6.07) is 8.86. The van der Waals surface area contributed by atoms with E-state index in [9.17, 15) is 0 Å². The quantitative estimate of drug-likeness (QED) is 0.808. The van der Waals surface area contributed by atoms with Crippen molar-refractivity contribution in [3.8, 4) is 0 Å². The van der Waals surface area contributed by atoms with Gasteiger partial charge in [0.05, 0.1) is 6.04 Å². The van der Waals surface area contributed by atoms with Crippen LogP contribution in [0.25, 0.3) is 11.0 Å². The monoisotopic (exact) mass is 273 g/mol. The third kappa shape index (κ3) is 3.86. The molecule has 110 valence electrons. The SMILES string of the molecule is CCCNC(CC(C)(C)C)c1cc2cc(C)ccc2o1. The number of hydrogen-bond donors (Lipinski definition) is 1. The maximum Gasteiger partial charge on any atom is 0.134 e. The van der Waals surface area contributed by atoms with Gasteiger partial charge in [-0.05, 0) is 49.9 Å².